The molecule has 2 rings (SSSR count). The van der Waals surface area contributed by atoms with Gasteiger partial charge in [-0.3, -0.25) is 9.59 Å². The van der Waals surface area contributed by atoms with E-state index in [0.717, 1.165) is 11.3 Å². The number of benzene rings is 2. The van der Waals surface area contributed by atoms with Gasteiger partial charge in [0.05, 0.1) is 19.9 Å². The molecule has 0 radical (unpaired) electrons. The molecular weight excluding hydrogens is 322 g/mol. The average molecular weight is 341 g/mol. The highest BCUT2D eigenvalue weighted by molar-refractivity contribution is 6.39. The number of nitrogens with one attached hydrogen (secondary N) is 2. The van der Waals surface area contributed by atoms with Crippen LogP contribution in [0, 0.1) is 0 Å². The number of hydrogen-bond donors (Lipinski definition) is 2. The minimum Gasteiger partial charge on any atom is -0.497 e. The number of carbonyl (C=O) groups excluding carboxylic acids is 2. The lowest BCUT2D eigenvalue weighted by atomic mass is 10.1. The second-order valence-corrected chi connectivity index (χ2v) is 5.05. The molecule has 130 valence electrons. The van der Waals surface area contributed by atoms with Gasteiger partial charge in [0.2, 0.25) is 0 Å². The maximum absolute atomic E-state index is 11.9. The second-order valence-electron chi connectivity index (χ2n) is 5.05. The summed E-state index contributed by atoms with van der Waals surface area (Å²) in [4.78, 5) is 23.7. The van der Waals surface area contributed by atoms with Gasteiger partial charge in [-0.2, -0.15) is 5.10 Å². The zero-order valence-corrected chi connectivity index (χ0v) is 14.2. The molecule has 2 amide bonds. The minimum atomic E-state index is -0.858. The molecule has 0 aliphatic carbocycles. The topological polar surface area (TPSA) is 89.0 Å². The molecule has 2 aromatic rings. The molecule has 7 nitrogen and oxygen atoms in total. The fraction of sp³-hybridized carbons (Fsp3) is 0.167. The van der Waals surface area contributed by atoms with Crippen molar-refractivity contribution in [3.63, 3.8) is 0 Å². The minimum absolute atomic E-state index is 0.483. The van der Waals surface area contributed by atoms with Crippen molar-refractivity contribution in [3.05, 3.63) is 54.1 Å². The van der Waals surface area contributed by atoms with Crippen molar-refractivity contribution in [2.45, 2.75) is 6.92 Å². The first-order valence-corrected chi connectivity index (χ1v) is 7.47. The molecule has 0 aliphatic heterocycles. The molecule has 2 N–H and O–H groups in total. The van der Waals surface area contributed by atoms with E-state index in [1.165, 1.54) is 0 Å². The highest BCUT2D eigenvalue weighted by Gasteiger charge is 2.13. The van der Waals surface area contributed by atoms with Crippen molar-refractivity contribution in [2.75, 3.05) is 19.5 Å². The van der Waals surface area contributed by atoms with E-state index in [4.69, 9.17) is 9.47 Å². The lowest BCUT2D eigenvalue weighted by Gasteiger charge is -2.06. The summed E-state index contributed by atoms with van der Waals surface area (Å²) in [5, 5.41) is 6.41. The first kappa shape index (κ1) is 18.0. The summed E-state index contributed by atoms with van der Waals surface area (Å²) in [6.45, 7) is 1.73. The summed E-state index contributed by atoms with van der Waals surface area (Å²) in [5.74, 6) is -0.290. The number of anilines is 1. The SMILES string of the molecule is COc1ccc(NC(=O)C(=O)N/N=C(\C)c2ccc(OC)cc2)cc1. The fourth-order valence-electron chi connectivity index (χ4n) is 1.94. The molecule has 7 heteroatoms. The first-order valence-electron chi connectivity index (χ1n) is 7.47. The molecular formula is C18H19N3O4. The smallest absolute Gasteiger partial charge is 0.329 e. The Balaban J connectivity index is 1.93. The predicted octanol–water partition coefficient (Wildman–Crippen LogP) is 2.18. The Labute approximate surface area is 145 Å². The largest absolute Gasteiger partial charge is 0.497 e. The molecule has 0 spiro atoms. The number of methoxy groups -OCH3 is 2. The monoisotopic (exact) mass is 341 g/mol. The number of ether oxygens (including phenoxy) is 2. The van der Waals surface area contributed by atoms with Crippen LogP contribution in [-0.2, 0) is 9.59 Å². The van der Waals surface area contributed by atoms with Crippen LogP contribution < -0.4 is 20.2 Å². The Morgan fingerprint density at radius 1 is 0.840 bits per heavy atom. The van der Waals surface area contributed by atoms with Crippen molar-refractivity contribution >= 4 is 23.2 Å². The van der Waals surface area contributed by atoms with Crippen LogP contribution in [0.5, 0.6) is 11.5 Å². The molecule has 0 aliphatic rings. The molecule has 0 aromatic heterocycles. The van der Waals surface area contributed by atoms with Crippen LogP contribution in [-0.4, -0.2) is 31.7 Å². The lowest BCUT2D eigenvalue weighted by Crippen LogP contribution is -2.32. The zero-order valence-electron chi connectivity index (χ0n) is 14.2. The molecule has 0 fully saturated rings. The number of carbonyl (C=O) groups is 2. The molecule has 2 aromatic carbocycles. The fourth-order valence-corrected chi connectivity index (χ4v) is 1.94. The van der Waals surface area contributed by atoms with Crippen molar-refractivity contribution in [1.82, 2.24) is 5.43 Å². The van der Waals surface area contributed by atoms with E-state index in [2.05, 4.69) is 15.8 Å². The zero-order chi connectivity index (χ0) is 18.2. The summed E-state index contributed by atoms with van der Waals surface area (Å²) in [6.07, 6.45) is 0. The number of rotatable bonds is 5. The van der Waals surface area contributed by atoms with Crippen LogP contribution in [0.4, 0.5) is 5.69 Å². The summed E-state index contributed by atoms with van der Waals surface area (Å²) >= 11 is 0. The third-order valence-electron chi connectivity index (χ3n) is 3.39. The summed E-state index contributed by atoms with van der Waals surface area (Å²) in [5.41, 5.74) is 4.08. The van der Waals surface area contributed by atoms with Crippen molar-refractivity contribution in [3.8, 4) is 11.5 Å². The average Bonchev–Trinajstić information content (AvgIpc) is 2.66. The van der Waals surface area contributed by atoms with Gasteiger partial charge >= 0.3 is 11.8 Å². The summed E-state index contributed by atoms with van der Waals surface area (Å²) in [6, 6.07) is 13.8. The molecule has 0 bridgehead atoms. The quantitative estimate of drug-likeness (QED) is 0.496. The van der Waals surface area contributed by atoms with Crippen molar-refractivity contribution in [2.24, 2.45) is 5.10 Å². The van der Waals surface area contributed by atoms with Crippen molar-refractivity contribution < 1.29 is 19.1 Å². The number of hydrazone groups is 1. The highest BCUT2D eigenvalue weighted by Crippen LogP contribution is 2.15. The van der Waals surface area contributed by atoms with Crippen LogP contribution >= 0.6 is 0 Å². The van der Waals surface area contributed by atoms with E-state index in [1.54, 1.807) is 69.7 Å². The van der Waals surface area contributed by atoms with Gasteiger partial charge in [-0.1, -0.05) is 0 Å². The van der Waals surface area contributed by atoms with E-state index in [1.807, 2.05) is 0 Å². The van der Waals surface area contributed by atoms with Crippen LogP contribution in [0.1, 0.15) is 12.5 Å². The molecule has 0 atom stereocenters. The molecule has 0 saturated carbocycles. The van der Waals surface area contributed by atoms with Crippen LogP contribution in [0.15, 0.2) is 53.6 Å². The van der Waals surface area contributed by atoms with E-state index >= 15 is 0 Å². The Morgan fingerprint density at radius 3 is 1.88 bits per heavy atom. The van der Waals surface area contributed by atoms with Crippen LogP contribution in [0.25, 0.3) is 0 Å². The number of nitrogens with zero attached hydrogens (tertiary/aromatic N) is 1. The predicted molar refractivity (Wildman–Crippen MR) is 95.0 cm³/mol. The number of amides is 2. The Kier molecular flexibility index (Phi) is 6.11. The Hall–Kier alpha value is -3.35. The first-order chi connectivity index (χ1) is 12.0. The van der Waals surface area contributed by atoms with Crippen LogP contribution in [0.3, 0.4) is 0 Å². The maximum Gasteiger partial charge on any atom is 0.329 e. The molecule has 0 heterocycles. The molecule has 0 unspecified atom stereocenters. The van der Waals surface area contributed by atoms with Gasteiger partial charge < -0.3 is 14.8 Å². The van der Waals surface area contributed by atoms with E-state index in [0.29, 0.717) is 17.1 Å². The summed E-state index contributed by atoms with van der Waals surface area (Å²) in [7, 11) is 3.13. The Bertz CT molecular complexity index is 768. The highest BCUT2D eigenvalue weighted by atomic mass is 16.5. The van der Waals surface area contributed by atoms with Gasteiger partial charge in [-0.05, 0) is 61.0 Å². The van der Waals surface area contributed by atoms with Crippen LogP contribution in [0.2, 0.25) is 0 Å². The summed E-state index contributed by atoms with van der Waals surface area (Å²) < 4.78 is 10.1. The van der Waals surface area contributed by atoms with Gasteiger partial charge in [0.25, 0.3) is 0 Å². The lowest BCUT2D eigenvalue weighted by molar-refractivity contribution is -0.136. The standard InChI is InChI=1S/C18H19N3O4/c1-12(13-4-8-15(24-2)9-5-13)20-21-18(23)17(22)19-14-6-10-16(25-3)11-7-14/h4-11H,1-3H3,(H,19,22)(H,21,23)/b20-12+. The van der Waals surface area contributed by atoms with Gasteiger partial charge in [0, 0.05) is 5.69 Å². The van der Waals surface area contributed by atoms with E-state index in [9.17, 15) is 9.59 Å². The van der Waals surface area contributed by atoms with Gasteiger partial charge in [-0.15, -0.1) is 0 Å². The third kappa shape index (κ3) is 5.07. The van der Waals surface area contributed by atoms with Gasteiger partial charge in [0.15, 0.2) is 0 Å². The van der Waals surface area contributed by atoms with Gasteiger partial charge in [0.1, 0.15) is 11.5 Å². The maximum atomic E-state index is 11.9. The molecule has 0 saturated heterocycles. The third-order valence-corrected chi connectivity index (χ3v) is 3.39. The Morgan fingerprint density at radius 2 is 1.36 bits per heavy atom. The van der Waals surface area contributed by atoms with E-state index in [-0.39, 0.29) is 0 Å². The molecule has 25 heavy (non-hydrogen) atoms. The normalized spacial score (nSPS) is 10.8. The second kappa shape index (κ2) is 8.49. The van der Waals surface area contributed by atoms with E-state index < -0.39 is 11.8 Å². The number of hydrogen-bond acceptors (Lipinski definition) is 5. The van der Waals surface area contributed by atoms with Crippen molar-refractivity contribution in [1.29, 1.82) is 0 Å². The van der Waals surface area contributed by atoms with Gasteiger partial charge in [-0.25, -0.2) is 5.43 Å².